The number of hydrogen-bond acceptors (Lipinski definition) is 6. The van der Waals surface area contributed by atoms with Crippen LogP contribution in [0.25, 0.3) is 0 Å². The van der Waals surface area contributed by atoms with Gasteiger partial charge in [0.25, 0.3) is 10.0 Å². The van der Waals surface area contributed by atoms with Gasteiger partial charge in [-0.25, -0.2) is 13.2 Å². The quantitative estimate of drug-likeness (QED) is 0.367. The van der Waals surface area contributed by atoms with Crippen LogP contribution in [0, 0.1) is 0 Å². The zero-order chi connectivity index (χ0) is 23.1. The van der Waals surface area contributed by atoms with Gasteiger partial charge in [-0.05, 0) is 49.4 Å². The van der Waals surface area contributed by atoms with Gasteiger partial charge in [0.1, 0.15) is 5.75 Å². The zero-order valence-corrected chi connectivity index (χ0v) is 18.7. The van der Waals surface area contributed by atoms with Crippen LogP contribution in [-0.4, -0.2) is 33.4 Å². The van der Waals surface area contributed by atoms with Crippen molar-refractivity contribution in [1.82, 2.24) is 0 Å². The first-order chi connectivity index (χ1) is 15.3. The second kappa shape index (κ2) is 10.3. The summed E-state index contributed by atoms with van der Waals surface area (Å²) in [5, 5.41) is 0.301. The first-order valence-electron chi connectivity index (χ1n) is 9.61. The van der Waals surface area contributed by atoms with Gasteiger partial charge in [-0.3, -0.25) is 9.52 Å². The van der Waals surface area contributed by atoms with Crippen molar-refractivity contribution >= 4 is 39.1 Å². The number of benzene rings is 3. The van der Waals surface area contributed by atoms with Crippen molar-refractivity contribution in [3.8, 4) is 5.75 Å². The Balaban J connectivity index is 1.81. The second-order valence-electron chi connectivity index (χ2n) is 6.56. The zero-order valence-electron chi connectivity index (χ0n) is 17.1. The van der Waals surface area contributed by atoms with Crippen molar-refractivity contribution in [2.24, 2.45) is 0 Å². The average molecular weight is 474 g/mol. The fraction of sp³-hybridized carbons (Fsp3) is 0.130. The fourth-order valence-electron chi connectivity index (χ4n) is 2.80. The van der Waals surface area contributed by atoms with E-state index in [2.05, 4.69) is 4.72 Å². The summed E-state index contributed by atoms with van der Waals surface area (Å²) in [7, 11) is -4.01. The van der Waals surface area contributed by atoms with E-state index in [4.69, 9.17) is 21.1 Å². The molecule has 0 aliphatic rings. The van der Waals surface area contributed by atoms with Crippen LogP contribution < -0.4 is 9.46 Å². The van der Waals surface area contributed by atoms with Crippen LogP contribution in [0.2, 0.25) is 5.02 Å². The highest BCUT2D eigenvalue weighted by atomic mass is 35.5. The number of esters is 1. The van der Waals surface area contributed by atoms with Crippen molar-refractivity contribution in [2.45, 2.75) is 11.8 Å². The monoisotopic (exact) mass is 473 g/mol. The van der Waals surface area contributed by atoms with E-state index in [1.807, 2.05) is 0 Å². The Kier molecular flexibility index (Phi) is 7.50. The van der Waals surface area contributed by atoms with Gasteiger partial charge in [0, 0.05) is 16.1 Å². The Hall–Kier alpha value is -3.36. The summed E-state index contributed by atoms with van der Waals surface area (Å²) in [6, 6.07) is 18.3. The van der Waals surface area contributed by atoms with Gasteiger partial charge in [-0.1, -0.05) is 41.9 Å². The predicted octanol–water partition coefficient (Wildman–Crippen LogP) is 4.31. The molecule has 0 atom stereocenters. The summed E-state index contributed by atoms with van der Waals surface area (Å²) in [5.41, 5.74) is 0.630. The second-order valence-corrected chi connectivity index (χ2v) is 8.67. The highest BCUT2D eigenvalue weighted by molar-refractivity contribution is 7.92. The highest BCUT2D eigenvalue weighted by Crippen LogP contribution is 2.26. The van der Waals surface area contributed by atoms with Crippen LogP contribution in [-0.2, 0) is 19.6 Å². The average Bonchev–Trinajstić information content (AvgIpc) is 2.79. The van der Waals surface area contributed by atoms with Gasteiger partial charge in [0.05, 0.1) is 17.2 Å². The number of ether oxygens (including phenoxy) is 2. The van der Waals surface area contributed by atoms with Gasteiger partial charge >= 0.3 is 5.97 Å². The largest absolute Gasteiger partial charge is 0.482 e. The van der Waals surface area contributed by atoms with Gasteiger partial charge in [-0.15, -0.1) is 0 Å². The van der Waals surface area contributed by atoms with Crippen molar-refractivity contribution in [2.75, 3.05) is 17.9 Å². The summed E-state index contributed by atoms with van der Waals surface area (Å²) in [4.78, 5) is 24.2. The predicted molar refractivity (Wildman–Crippen MR) is 121 cm³/mol. The third-order valence-corrected chi connectivity index (χ3v) is 5.92. The van der Waals surface area contributed by atoms with Gasteiger partial charge < -0.3 is 9.47 Å². The van der Waals surface area contributed by atoms with E-state index in [0.29, 0.717) is 16.3 Å². The molecule has 0 spiro atoms. The van der Waals surface area contributed by atoms with E-state index < -0.39 is 16.0 Å². The number of hydrogen-bond donors (Lipinski definition) is 1. The van der Waals surface area contributed by atoms with E-state index in [0.717, 1.165) is 0 Å². The molecule has 0 saturated carbocycles. The van der Waals surface area contributed by atoms with E-state index in [9.17, 15) is 18.0 Å². The molecule has 0 saturated heterocycles. The first-order valence-corrected chi connectivity index (χ1v) is 11.5. The fourth-order valence-corrected chi connectivity index (χ4v) is 4.05. The minimum Gasteiger partial charge on any atom is -0.482 e. The number of sulfonamides is 1. The lowest BCUT2D eigenvalue weighted by molar-refractivity contribution is -0.145. The molecule has 0 radical (unpaired) electrons. The maximum Gasteiger partial charge on any atom is 0.344 e. The lowest BCUT2D eigenvalue weighted by atomic mass is 10.0. The van der Waals surface area contributed by atoms with Gasteiger partial charge in [0.2, 0.25) is 0 Å². The first kappa shape index (κ1) is 23.3. The molecule has 0 aliphatic heterocycles. The number of halogens is 1. The molecule has 3 aromatic carbocycles. The molecule has 1 N–H and O–H groups in total. The topological polar surface area (TPSA) is 98.8 Å². The summed E-state index contributed by atoms with van der Waals surface area (Å²) < 4.78 is 38.3. The molecule has 0 aromatic heterocycles. The van der Waals surface area contributed by atoms with E-state index >= 15 is 0 Å². The third kappa shape index (κ3) is 5.87. The summed E-state index contributed by atoms with van der Waals surface area (Å²) >= 11 is 6.05. The number of anilines is 1. The number of rotatable bonds is 9. The van der Waals surface area contributed by atoms with Crippen LogP contribution >= 0.6 is 11.6 Å². The van der Waals surface area contributed by atoms with Crippen LogP contribution in [0.5, 0.6) is 5.75 Å². The van der Waals surface area contributed by atoms with E-state index in [1.54, 1.807) is 37.3 Å². The van der Waals surface area contributed by atoms with Crippen molar-refractivity contribution in [3.63, 3.8) is 0 Å². The van der Waals surface area contributed by atoms with Crippen LogP contribution in [0.4, 0.5) is 5.69 Å². The Morgan fingerprint density at radius 2 is 1.66 bits per heavy atom. The summed E-state index contributed by atoms with van der Waals surface area (Å²) in [6.07, 6.45) is 0. The lowest BCUT2D eigenvalue weighted by Gasteiger charge is -2.13. The molecular formula is C23H20ClNO6S. The number of nitrogens with one attached hydrogen (secondary N) is 1. The van der Waals surface area contributed by atoms with Crippen LogP contribution in [0.1, 0.15) is 22.8 Å². The molecule has 0 amide bonds. The van der Waals surface area contributed by atoms with E-state index in [1.165, 1.54) is 42.5 Å². The molecule has 0 aliphatic carbocycles. The molecule has 0 fully saturated rings. The number of ketones is 1. The van der Waals surface area contributed by atoms with Crippen LogP contribution in [0.3, 0.4) is 0 Å². The molecule has 166 valence electrons. The third-order valence-electron chi connectivity index (χ3n) is 4.30. The molecule has 9 heteroatoms. The smallest absolute Gasteiger partial charge is 0.344 e. The molecular weight excluding hydrogens is 454 g/mol. The standard InChI is InChI=1S/C23H20ClNO6S/c1-2-30-22(26)15-31-18-9-11-19(12-10-18)32(28,29)25-21-13-8-17(24)14-20(21)23(27)16-6-4-3-5-7-16/h3-14,25H,2,15H2,1H3. The Morgan fingerprint density at radius 1 is 0.969 bits per heavy atom. The lowest BCUT2D eigenvalue weighted by Crippen LogP contribution is -2.16. The molecule has 3 aromatic rings. The molecule has 0 bridgehead atoms. The summed E-state index contributed by atoms with van der Waals surface area (Å²) in [5.74, 6) is -0.582. The highest BCUT2D eigenvalue weighted by Gasteiger charge is 2.20. The minimum absolute atomic E-state index is 0.0472. The SMILES string of the molecule is CCOC(=O)COc1ccc(S(=O)(=O)Nc2ccc(Cl)cc2C(=O)c2ccccc2)cc1. The van der Waals surface area contributed by atoms with Crippen molar-refractivity contribution in [3.05, 3.63) is 88.9 Å². The molecule has 0 unspecified atom stereocenters. The maximum atomic E-state index is 12.9. The minimum atomic E-state index is -4.01. The Labute approximate surface area is 191 Å². The summed E-state index contributed by atoms with van der Waals surface area (Å²) in [6.45, 7) is 1.64. The number of carbonyl (C=O) groups is 2. The molecule has 7 nitrogen and oxygen atoms in total. The Morgan fingerprint density at radius 3 is 2.31 bits per heavy atom. The normalized spacial score (nSPS) is 10.9. The van der Waals surface area contributed by atoms with Gasteiger partial charge in [0.15, 0.2) is 12.4 Å². The number of carbonyl (C=O) groups excluding carboxylic acids is 2. The molecule has 3 rings (SSSR count). The van der Waals surface area contributed by atoms with Crippen molar-refractivity contribution < 1.29 is 27.5 Å². The van der Waals surface area contributed by atoms with E-state index in [-0.39, 0.29) is 35.1 Å². The van der Waals surface area contributed by atoms with Crippen molar-refractivity contribution in [1.29, 1.82) is 0 Å². The molecule has 0 heterocycles. The maximum absolute atomic E-state index is 12.9. The molecule has 32 heavy (non-hydrogen) atoms. The Bertz CT molecular complexity index is 1210. The van der Waals surface area contributed by atoms with Gasteiger partial charge in [-0.2, -0.15) is 0 Å². The van der Waals surface area contributed by atoms with Crippen LogP contribution in [0.15, 0.2) is 77.7 Å².